The number of esters is 1. The second kappa shape index (κ2) is 12.1. The highest BCUT2D eigenvalue weighted by molar-refractivity contribution is 5.95. The Kier molecular flexibility index (Phi) is 8.71. The number of para-hydroxylation sites is 1. The Hall–Kier alpha value is -4.00. The second-order valence-corrected chi connectivity index (χ2v) is 6.98. The van der Waals surface area contributed by atoms with E-state index in [1.165, 1.54) is 7.11 Å². The highest BCUT2D eigenvalue weighted by Gasteiger charge is 2.12. The summed E-state index contributed by atoms with van der Waals surface area (Å²) in [5.74, 6) is 1.17. The van der Waals surface area contributed by atoms with E-state index >= 15 is 0 Å². The van der Waals surface area contributed by atoms with Crippen LogP contribution in [0.3, 0.4) is 0 Å². The van der Waals surface area contributed by atoms with Crippen LogP contribution in [-0.4, -0.2) is 38.8 Å². The number of ether oxygens (including phenoxy) is 4. The minimum atomic E-state index is -0.400. The van der Waals surface area contributed by atoms with Crippen molar-refractivity contribution in [1.82, 2.24) is 5.32 Å². The van der Waals surface area contributed by atoms with Gasteiger partial charge in [-0.25, -0.2) is 4.79 Å². The molecule has 0 heterocycles. The van der Waals surface area contributed by atoms with Gasteiger partial charge in [-0.15, -0.1) is 0 Å². The van der Waals surface area contributed by atoms with Crippen LogP contribution in [0, 0.1) is 0 Å². The molecule has 3 aromatic carbocycles. The number of carbonyl (C=O) groups is 2. The molecule has 0 unspecified atom stereocenters. The molecular formula is C26H27NO6. The Morgan fingerprint density at radius 3 is 2.18 bits per heavy atom. The van der Waals surface area contributed by atoms with Gasteiger partial charge in [-0.3, -0.25) is 4.79 Å². The molecule has 0 atom stereocenters. The molecule has 0 spiro atoms. The maximum atomic E-state index is 12.6. The zero-order valence-corrected chi connectivity index (χ0v) is 18.7. The lowest BCUT2D eigenvalue weighted by Gasteiger charge is -2.14. The fourth-order valence-corrected chi connectivity index (χ4v) is 3.03. The minimum Gasteiger partial charge on any atom is -0.490 e. The summed E-state index contributed by atoms with van der Waals surface area (Å²) in [5, 5.41) is 2.87. The van der Waals surface area contributed by atoms with Crippen LogP contribution >= 0.6 is 0 Å². The maximum absolute atomic E-state index is 12.6. The summed E-state index contributed by atoms with van der Waals surface area (Å²) in [6.07, 6.45) is 0. The molecule has 0 saturated carbocycles. The van der Waals surface area contributed by atoms with Crippen LogP contribution in [0.15, 0.2) is 72.8 Å². The van der Waals surface area contributed by atoms with Crippen LogP contribution in [0.4, 0.5) is 0 Å². The molecule has 172 valence electrons. The average molecular weight is 450 g/mol. The molecular weight excluding hydrogens is 422 g/mol. The lowest BCUT2D eigenvalue weighted by molar-refractivity contribution is 0.0600. The van der Waals surface area contributed by atoms with Crippen LogP contribution in [-0.2, 0) is 11.3 Å². The molecule has 0 aliphatic heterocycles. The number of nitrogens with one attached hydrogen (secondary N) is 1. The number of benzene rings is 3. The number of carbonyl (C=O) groups excluding carboxylic acids is 2. The fourth-order valence-electron chi connectivity index (χ4n) is 3.03. The molecule has 0 fully saturated rings. The van der Waals surface area contributed by atoms with Gasteiger partial charge in [0.15, 0.2) is 11.5 Å². The van der Waals surface area contributed by atoms with E-state index in [0.29, 0.717) is 49.0 Å². The van der Waals surface area contributed by atoms with E-state index in [4.69, 9.17) is 14.2 Å². The van der Waals surface area contributed by atoms with Crippen molar-refractivity contribution < 1.29 is 28.5 Å². The van der Waals surface area contributed by atoms with Gasteiger partial charge in [0.1, 0.15) is 19.0 Å². The van der Waals surface area contributed by atoms with Crippen molar-refractivity contribution >= 4 is 11.9 Å². The Morgan fingerprint density at radius 2 is 1.48 bits per heavy atom. The summed E-state index contributed by atoms with van der Waals surface area (Å²) in [6, 6.07) is 21.4. The molecule has 33 heavy (non-hydrogen) atoms. The summed E-state index contributed by atoms with van der Waals surface area (Å²) in [6.45, 7) is 3.34. The van der Waals surface area contributed by atoms with Crippen molar-refractivity contribution in [3.05, 3.63) is 89.5 Å². The Balaban J connectivity index is 1.55. The average Bonchev–Trinajstić information content (AvgIpc) is 2.86. The zero-order valence-electron chi connectivity index (χ0n) is 18.7. The van der Waals surface area contributed by atoms with Gasteiger partial charge in [0.25, 0.3) is 5.91 Å². The van der Waals surface area contributed by atoms with Gasteiger partial charge in [0.2, 0.25) is 0 Å². The Bertz CT molecular complexity index is 1050. The largest absolute Gasteiger partial charge is 0.490 e. The monoisotopic (exact) mass is 449 g/mol. The van der Waals surface area contributed by atoms with Crippen molar-refractivity contribution in [2.75, 3.05) is 26.9 Å². The van der Waals surface area contributed by atoms with Crippen LogP contribution in [0.1, 0.15) is 33.2 Å². The third kappa shape index (κ3) is 7.00. The topological polar surface area (TPSA) is 83.1 Å². The molecule has 1 amide bonds. The lowest BCUT2D eigenvalue weighted by atomic mass is 10.1. The molecule has 0 radical (unpaired) electrons. The normalized spacial score (nSPS) is 10.2. The summed E-state index contributed by atoms with van der Waals surface area (Å²) in [4.78, 5) is 24.1. The number of rotatable bonds is 11. The van der Waals surface area contributed by atoms with Gasteiger partial charge in [0.05, 0.1) is 19.3 Å². The van der Waals surface area contributed by atoms with Gasteiger partial charge >= 0.3 is 5.97 Å². The first-order chi connectivity index (χ1) is 16.1. The molecule has 3 rings (SSSR count). The minimum absolute atomic E-state index is 0.244. The molecule has 0 bridgehead atoms. The van der Waals surface area contributed by atoms with E-state index in [-0.39, 0.29) is 5.91 Å². The highest BCUT2D eigenvalue weighted by Crippen LogP contribution is 2.28. The molecule has 0 aliphatic rings. The van der Waals surface area contributed by atoms with E-state index in [0.717, 1.165) is 11.3 Å². The zero-order chi connectivity index (χ0) is 23.5. The second-order valence-electron chi connectivity index (χ2n) is 6.98. The molecule has 0 aromatic heterocycles. The summed E-state index contributed by atoms with van der Waals surface area (Å²) < 4.78 is 21.8. The molecule has 7 heteroatoms. The van der Waals surface area contributed by atoms with Crippen LogP contribution < -0.4 is 19.5 Å². The van der Waals surface area contributed by atoms with Crippen molar-refractivity contribution in [1.29, 1.82) is 0 Å². The van der Waals surface area contributed by atoms with Crippen molar-refractivity contribution in [3.63, 3.8) is 0 Å². The number of hydrogen-bond acceptors (Lipinski definition) is 6. The van der Waals surface area contributed by atoms with Crippen LogP contribution in [0.5, 0.6) is 17.2 Å². The van der Waals surface area contributed by atoms with Crippen molar-refractivity contribution in [3.8, 4) is 17.2 Å². The highest BCUT2D eigenvalue weighted by atomic mass is 16.5. The van der Waals surface area contributed by atoms with Gasteiger partial charge in [-0.1, -0.05) is 30.3 Å². The molecule has 7 nitrogen and oxygen atoms in total. The molecule has 3 aromatic rings. The third-order valence-corrected chi connectivity index (χ3v) is 4.69. The van der Waals surface area contributed by atoms with Crippen LogP contribution in [0.2, 0.25) is 0 Å². The third-order valence-electron chi connectivity index (χ3n) is 4.69. The predicted molar refractivity (Wildman–Crippen MR) is 124 cm³/mol. The van der Waals surface area contributed by atoms with Gasteiger partial charge in [0, 0.05) is 12.1 Å². The number of amides is 1. The van der Waals surface area contributed by atoms with Gasteiger partial charge in [-0.05, 0) is 55.0 Å². The predicted octanol–water partition coefficient (Wildman–Crippen LogP) is 4.26. The molecule has 0 saturated heterocycles. The van der Waals surface area contributed by atoms with E-state index in [2.05, 4.69) is 10.1 Å². The lowest BCUT2D eigenvalue weighted by Crippen LogP contribution is -2.23. The van der Waals surface area contributed by atoms with E-state index in [1.807, 2.05) is 37.3 Å². The number of hydrogen-bond donors (Lipinski definition) is 1. The summed E-state index contributed by atoms with van der Waals surface area (Å²) in [7, 11) is 1.34. The molecule has 0 aliphatic carbocycles. The molecule has 1 N–H and O–H groups in total. The first-order valence-electron chi connectivity index (χ1n) is 10.6. The first-order valence-corrected chi connectivity index (χ1v) is 10.6. The smallest absolute Gasteiger partial charge is 0.337 e. The summed E-state index contributed by atoms with van der Waals surface area (Å²) >= 11 is 0. The first kappa shape index (κ1) is 23.7. The van der Waals surface area contributed by atoms with E-state index in [9.17, 15) is 9.59 Å². The van der Waals surface area contributed by atoms with Gasteiger partial charge in [-0.2, -0.15) is 0 Å². The van der Waals surface area contributed by atoms with E-state index in [1.54, 1.807) is 42.5 Å². The SMILES string of the molecule is CCOc1cc(C(=O)NCc2ccc(C(=O)OC)cc2)ccc1OCCOc1ccccc1. The standard InChI is InChI=1S/C26H27NO6/c1-3-31-24-17-21(13-14-23(24)33-16-15-32-22-7-5-4-6-8-22)25(28)27-18-19-9-11-20(12-10-19)26(29)30-2/h4-14,17H,3,15-16,18H2,1-2H3,(H,27,28). The maximum Gasteiger partial charge on any atom is 0.337 e. The fraction of sp³-hybridized carbons (Fsp3) is 0.231. The quantitative estimate of drug-likeness (QED) is 0.348. The van der Waals surface area contributed by atoms with Crippen LogP contribution in [0.25, 0.3) is 0 Å². The van der Waals surface area contributed by atoms with Gasteiger partial charge < -0.3 is 24.3 Å². The van der Waals surface area contributed by atoms with Crippen molar-refractivity contribution in [2.45, 2.75) is 13.5 Å². The Labute approximate surface area is 193 Å². The van der Waals surface area contributed by atoms with E-state index < -0.39 is 5.97 Å². The van der Waals surface area contributed by atoms with Crippen molar-refractivity contribution in [2.24, 2.45) is 0 Å². The summed E-state index contributed by atoms with van der Waals surface area (Å²) in [5.41, 5.74) is 1.77. The number of methoxy groups -OCH3 is 1. The Morgan fingerprint density at radius 1 is 0.788 bits per heavy atom.